The fourth-order valence-corrected chi connectivity index (χ4v) is 3.02. The van der Waals surface area contributed by atoms with Crippen LogP contribution < -0.4 is 5.73 Å². The Morgan fingerprint density at radius 3 is 2.40 bits per heavy atom. The minimum atomic E-state index is -0.0159. The van der Waals surface area contributed by atoms with E-state index in [-0.39, 0.29) is 6.04 Å². The molecule has 2 N–H and O–H groups in total. The smallest absolute Gasteiger partial charge is 0.0656 e. The molecule has 0 fully saturated rings. The van der Waals surface area contributed by atoms with Gasteiger partial charge in [-0.15, -0.1) is 11.3 Å². The van der Waals surface area contributed by atoms with Crippen LogP contribution in [0.3, 0.4) is 0 Å². The lowest BCUT2D eigenvalue weighted by Crippen LogP contribution is -2.10. The summed E-state index contributed by atoms with van der Waals surface area (Å²) in [6.45, 7) is 0. The maximum atomic E-state index is 6.17. The van der Waals surface area contributed by atoms with Gasteiger partial charge in [-0.25, -0.2) is 0 Å². The van der Waals surface area contributed by atoms with E-state index in [1.54, 1.807) is 11.3 Å². The molecule has 2 rings (SSSR count). The highest BCUT2D eigenvalue weighted by molar-refractivity contribution is 14.1. The number of benzene rings is 1. The molecule has 0 aliphatic carbocycles. The van der Waals surface area contributed by atoms with Crippen molar-refractivity contribution in [2.45, 2.75) is 6.04 Å². The van der Waals surface area contributed by atoms with Gasteiger partial charge in [-0.3, -0.25) is 0 Å². The third kappa shape index (κ3) is 2.81. The summed E-state index contributed by atoms with van der Waals surface area (Å²) in [6, 6.07) is 10.3. The van der Waals surface area contributed by atoms with Crippen LogP contribution in [0.25, 0.3) is 0 Å². The van der Waals surface area contributed by atoms with Crippen LogP contribution in [0.1, 0.15) is 17.2 Å². The van der Waals surface area contributed by atoms with Crippen molar-refractivity contribution in [3.63, 3.8) is 0 Å². The van der Waals surface area contributed by atoms with Gasteiger partial charge in [-0.2, -0.15) is 0 Å². The monoisotopic (exact) mass is 393 g/mol. The predicted molar refractivity (Wildman–Crippen MR) is 77.2 cm³/mol. The molecular formula is C11H9BrINS. The molecule has 0 aliphatic rings. The fraction of sp³-hybridized carbons (Fsp3) is 0.0909. The Balaban J connectivity index is 2.28. The van der Waals surface area contributed by atoms with Crippen LogP contribution in [0.2, 0.25) is 0 Å². The second-order valence-corrected chi connectivity index (χ2v) is 6.93. The van der Waals surface area contributed by atoms with Crippen molar-refractivity contribution in [3.05, 3.63) is 54.2 Å². The van der Waals surface area contributed by atoms with Crippen molar-refractivity contribution in [3.8, 4) is 0 Å². The normalized spacial score (nSPS) is 12.7. The average Bonchev–Trinajstić information content (AvgIpc) is 2.65. The van der Waals surface area contributed by atoms with Crippen LogP contribution in [-0.2, 0) is 0 Å². The SMILES string of the molecule is NC(c1ccc(Br)cc1)c1csc(I)c1. The van der Waals surface area contributed by atoms with Crippen LogP contribution >= 0.6 is 49.9 Å². The number of hydrogen-bond donors (Lipinski definition) is 1. The molecule has 0 radical (unpaired) electrons. The summed E-state index contributed by atoms with van der Waals surface area (Å²) >= 11 is 7.46. The van der Waals surface area contributed by atoms with E-state index in [1.807, 2.05) is 12.1 Å². The van der Waals surface area contributed by atoms with Gasteiger partial charge >= 0.3 is 0 Å². The zero-order valence-corrected chi connectivity index (χ0v) is 12.3. The highest BCUT2D eigenvalue weighted by atomic mass is 127. The molecule has 0 saturated heterocycles. The Morgan fingerprint density at radius 2 is 1.87 bits per heavy atom. The Morgan fingerprint density at radius 1 is 1.20 bits per heavy atom. The second kappa shape index (κ2) is 4.95. The molecule has 15 heavy (non-hydrogen) atoms. The lowest BCUT2D eigenvalue weighted by Gasteiger charge is -2.09. The van der Waals surface area contributed by atoms with Gasteiger partial charge in [0.1, 0.15) is 0 Å². The predicted octanol–water partition coefficient (Wildman–Crippen LogP) is 4.16. The van der Waals surface area contributed by atoms with Gasteiger partial charge in [-0.1, -0.05) is 28.1 Å². The number of thiophene rings is 1. The lowest BCUT2D eigenvalue weighted by atomic mass is 10.0. The highest BCUT2D eigenvalue weighted by Gasteiger charge is 2.10. The van der Waals surface area contributed by atoms with E-state index >= 15 is 0 Å². The van der Waals surface area contributed by atoms with Crippen molar-refractivity contribution in [1.82, 2.24) is 0 Å². The molecule has 0 spiro atoms. The lowest BCUT2D eigenvalue weighted by molar-refractivity contribution is 0.876. The maximum Gasteiger partial charge on any atom is 0.0656 e. The summed E-state index contributed by atoms with van der Waals surface area (Å²) in [5, 5.41) is 2.12. The van der Waals surface area contributed by atoms with E-state index in [0.717, 1.165) is 10.0 Å². The van der Waals surface area contributed by atoms with Crippen molar-refractivity contribution in [1.29, 1.82) is 0 Å². The maximum absolute atomic E-state index is 6.17. The molecule has 1 aromatic heterocycles. The third-order valence-electron chi connectivity index (χ3n) is 2.18. The first-order valence-electron chi connectivity index (χ1n) is 4.42. The van der Waals surface area contributed by atoms with Crippen LogP contribution in [0.4, 0.5) is 0 Å². The average molecular weight is 394 g/mol. The summed E-state index contributed by atoms with van der Waals surface area (Å²) in [5.41, 5.74) is 8.50. The zero-order chi connectivity index (χ0) is 10.8. The molecule has 78 valence electrons. The molecule has 0 saturated carbocycles. The van der Waals surface area contributed by atoms with Crippen molar-refractivity contribution in [2.24, 2.45) is 5.73 Å². The largest absolute Gasteiger partial charge is 0.320 e. The molecule has 0 aliphatic heterocycles. The van der Waals surface area contributed by atoms with Crippen molar-refractivity contribution < 1.29 is 0 Å². The van der Waals surface area contributed by atoms with E-state index in [9.17, 15) is 0 Å². The van der Waals surface area contributed by atoms with Gasteiger partial charge in [-0.05, 0) is 57.3 Å². The van der Waals surface area contributed by atoms with Gasteiger partial charge in [0, 0.05) is 4.47 Å². The van der Waals surface area contributed by atoms with Crippen LogP contribution in [0.5, 0.6) is 0 Å². The summed E-state index contributed by atoms with van der Waals surface area (Å²) in [6.07, 6.45) is 0. The minimum absolute atomic E-state index is 0.0159. The van der Waals surface area contributed by atoms with Crippen LogP contribution in [0, 0.1) is 2.88 Å². The van der Waals surface area contributed by atoms with E-state index in [1.165, 1.54) is 8.45 Å². The minimum Gasteiger partial charge on any atom is -0.320 e. The van der Waals surface area contributed by atoms with Gasteiger partial charge in [0.2, 0.25) is 0 Å². The molecule has 0 amide bonds. The van der Waals surface area contributed by atoms with Gasteiger partial charge in [0.25, 0.3) is 0 Å². The quantitative estimate of drug-likeness (QED) is 0.761. The number of nitrogens with two attached hydrogens (primary N) is 1. The van der Waals surface area contributed by atoms with Crippen molar-refractivity contribution >= 4 is 49.9 Å². The van der Waals surface area contributed by atoms with E-state index in [4.69, 9.17) is 5.73 Å². The zero-order valence-electron chi connectivity index (χ0n) is 7.78. The van der Waals surface area contributed by atoms with Crippen LogP contribution in [0.15, 0.2) is 40.2 Å². The molecule has 2 aromatic rings. The van der Waals surface area contributed by atoms with Gasteiger partial charge in [0.05, 0.1) is 8.93 Å². The van der Waals surface area contributed by atoms with Crippen LogP contribution in [-0.4, -0.2) is 0 Å². The number of hydrogen-bond acceptors (Lipinski definition) is 2. The number of halogens is 2. The summed E-state index contributed by atoms with van der Waals surface area (Å²) < 4.78 is 2.36. The second-order valence-electron chi connectivity index (χ2n) is 3.21. The third-order valence-corrected chi connectivity index (χ3v) is 4.51. The first kappa shape index (κ1) is 11.6. The Labute approximate surface area is 115 Å². The summed E-state index contributed by atoms with van der Waals surface area (Å²) in [5.74, 6) is 0. The fourth-order valence-electron chi connectivity index (χ4n) is 1.35. The summed E-state index contributed by atoms with van der Waals surface area (Å²) in [4.78, 5) is 0. The number of rotatable bonds is 2. The molecule has 1 atom stereocenters. The standard InChI is InChI=1S/C11H9BrINS/c12-9-3-1-7(2-4-9)11(14)8-5-10(13)15-6-8/h1-6,11H,14H2. The van der Waals surface area contributed by atoms with E-state index < -0.39 is 0 Å². The highest BCUT2D eigenvalue weighted by Crippen LogP contribution is 2.26. The molecule has 0 bridgehead atoms. The molecule has 1 nitrogen and oxygen atoms in total. The van der Waals surface area contributed by atoms with E-state index in [2.05, 4.69) is 62.1 Å². The topological polar surface area (TPSA) is 26.0 Å². The first-order valence-corrected chi connectivity index (χ1v) is 7.17. The van der Waals surface area contributed by atoms with Crippen molar-refractivity contribution in [2.75, 3.05) is 0 Å². The Kier molecular flexibility index (Phi) is 3.82. The molecule has 4 heteroatoms. The first-order chi connectivity index (χ1) is 7.16. The molecule has 1 heterocycles. The molecule has 1 unspecified atom stereocenters. The van der Waals surface area contributed by atoms with Gasteiger partial charge < -0.3 is 5.73 Å². The Hall–Kier alpha value is 0.0900. The molecule has 1 aromatic carbocycles. The van der Waals surface area contributed by atoms with Gasteiger partial charge in [0.15, 0.2) is 0 Å². The Bertz CT molecular complexity index is 452. The summed E-state index contributed by atoms with van der Waals surface area (Å²) in [7, 11) is 0. The molecular weight excluding hydrogens is 385 g/mol. The van der Waals surface area contributed by atoms with E-state index in [0.29, 0.717) is 0 Å².